The highest BCUT2D eigenvalue weighted by molar-refractivity contribution is 6.01. The van der Waals surface area contributed by atoms with E-state index >= 15 is 0 Å². The number of hydrogen-bond donors (Lipinski definition) is 5. The third-order valence-corrected chi connectivity index (χ3v) is 9.70. The number of benzene rings is 4. The van der Waals surface area contributed by atoms with E-state index in [1.165, 1.54) is 7.11 Å². The Kier molecular flexibility index (Phi) is 15.2. The van der Waals surface area contributed by atoms with E-state index in [0.29, 0.717) is 64.2 Å². The lowest BCUT2D eigenvalue weighted by Crippen LogP contribution is -2.38. The molecule has 5 N–H and O–H groups in total. The quantitative estimate of drug-likeness (QED) is 0.0423. The number of rotatable bonds is 21. The summed E-state index contributed by atoms with van der Waals surface area (Å²) in [4.78, 5) is 12.7. The van der Waals surface area contributed by atoms with Gasteiger partial charge < -0.3 is 49.6 Å². The van der Waals surface area contributed by atoms with E-state index in [1.807, 2.05) is 79.7 Å². The van der Waals surface area contributed by atoms with Crippen molar-refractivity contribution in [2.45, 2.75) is 77.9 Å². The fraction of sp³-hybridized carbons (Fsp3) is 0.386. The number of aliphatic hydroxyl groups excluding tert-OH is 3. The third-order valence-electron chi connectivity index (χ3n) is 9.70. The topological polar surface area (TPSA) is 148 Å². The summed E-state index contributed by atoms with van der Waals surface area (Å²) in [6, 6.07) is 18.8. The first kappa shape index (κ1) is 40.9. The lowest BCUT2D eigenvalue weighted by atomic mass is 10.0. The lowest BCUT2D eigenvalue weighted by molar-refractivity contribution is 0.0935. The number of aryl methyl sites for hydroxylation is 1. The molecule has 1 amide bonds. The summed E-state index contributed by atoms with van der Waals surface area (Å²) in [7, 11) is 4.74. The molecular weight excluding hydrogens is 700 g/mol. The number of hydrogen-bond acceptors (Lipinski definition) is 10. The molecular formula is C44H54N2O9. The Morgan fingerprint density at radius 2 is 1.22 bits per heavy atom. The molecule has 0 saturated heterocycles. The number of unbranched alkanes of at least 4 members (excludes halogenated alkanes) is 6. The van der Waals surface area contributed by atoms with Gasteiger partial charge in [0.2, 0.25) is 5.75 Å². The molecule has 0 saturated carbocycles. The van der Waals surface area contributed by atoms with Crippen LogP contribution in [0.3, 0.4) is 0 Å². The van der Waals surface area contributed by atoms with Crippen LogP contribution >= 0.6 is 0 Å². The van der Waals surface area contributed by atoms with Gasteiger partial charge in [0.25, 0.3) is 5.91 Å². The first-order valence-electron chi connectivity index (χ1n) is 18.8. The Balaban J connectivity index is 1.01. The van der Waals surface area contributed by atoms with Gasteiger partial charge in [0.15, 0.2) is 11.5 Å². The molecule has 1 atom stereocenters. The number of fused-ring (bicyclic) bond motifs is 1. The maximum Gasteiger partial charge on any atom is 0.255 e. The highest BCUT2D eigenvalue weighted by Crippen LogP contribution is 2.39. The van der Waals surface area contributed by atoms with Crippen molar-refractivity contribution in [1.82, 2.24) is 5.32 Å². The van der Waals surface area contributed by atoms with E-state index in [2.05, 4.69) is 10.6 Å². The number of carbonyl (C=O) groups excluding carboxylic acids is 1. The summed E-state index contributed by atoms with van der Waals surface area (Å²) < 4.78 is 28.9. The van der Waals surface area contributed by atoms with Gasteiger partial charge >= 0.3 is 0 Å². The van der Waals surface area contributed by atoms with Crippen LogP contribution in [0, 0.1) is 6.92 Å². The Labute approximate surface area is 323 Å². The molecule has 0 aromatic heterocycles. The van der Waals surface area contributed by atoms with Crippen LogP contribution in [0.2, 0.25) is 0 Å². The van der Waals surface area contributed by atoms with Crippen molar-refractivity contribution in [1.29, 1.82) is 0 Å². The number of anilines is 1. The number of carbonyl (C=O) groups is 1. The normalized spacial score (nSPS) is 13.6. The van der Waals surface area contributed by atoms with E-state index in [1.54, 1.807) is 14.2 Å². The fourth-order valence-corrected chi connectivity index (χ4v) is 6.68. The maximum absolute atomic E-state index is 12.7. The third kappa shape index (κ3) is 10.7. The molecule has 1 aliphatic heterocycles. The SMILES string of the molecule is COc1cc(C=Cc2cc(OC)c(OCCCCCCCCCOc3ccc(C4NC(=O)c5cc(C)ccc5N4)cc3CO)c(OC)c2)cc(CO)c1CO. The van der Waals surface area contributed by atoms with Crippen molar-refractivity contribution in [3.63, 3.8) is 0 Å². The van der Waals surface area contributed by atoms with E-state index < -0.39 is 6.17 Å². The van der Waals surface area contributed by atoms with Crippen LogP contribution in [-0.2, 0) is 19.8 Å². The number of methoxy groups -OCH3 is 3. The number of aliphatic hydroxyl groups is 3. The van der Waals surface area contributed by atoms with E-state index in [0.717, 1.165) is 72.9 Å². The van der Waals surface area contributed by atoms with Crippen molar-refractivity contribution in [2.24, 2.45) is 0 Å². The second-order valence-corrected chi connectivity index (χ2v) is 13.6. The fourth-order valence-electron chi connectivity index (χ4n) is 6.68. The van der Waals surface area contributed by atoms with Crippen molar-refractivity contribution in [2.75, 3.05) is 39.9 Å². The first-order chi connectivity index (χ1) is 26.8. The van der Waals surface area contributed by atoms with Crippen LogP contribution in [0.4, 0.5) is 5.69 Å². The van der Waals surface area contributed by atoms with Gasteiger partial charge in [-0.1, -0.05) is 62.0 Å². The predicted molar refractivity (Wildman–Crippen MR) is 214 cm³/mol. The average Bonchev–Trinajstić information content (AvgIpc) is 3.21. The molecule has 11 heteroatoms. The van der Waals surface area contributed by atoms with Gasteiger partial charge in [-0.15, -0.1) is 0 Å². The van der Waals surface area contributed by atoms with Crippen molar-refractivity contribution in [3.05, 3.63) is 105 Å². The van der Waals surface area contributed by atoms with Crippen LogP contribution in [-0.4, -0.2) is 55.8 Å². The first-order valence-corrected chi connectivity index (χ1v) is 18.8. The molecule has 55 heavy (non-hydrogen) atoms. The number of ether oxygens (including phenoxy) is 5. The molecule has 4 aromatic rings. The number of nitrogens with one attached hydrogen (secondary N) is 2. The van der Waals surface area contributed by atoms with Crippen molar-refractivity contribution in [3.8, 4) is 28.7 Å². The van der Waals surface area contributed by atoms with Gasteiger partial charge in [-0.3, -0.25) is 4.79 Å². The molecule has 294 valence electrons. The minimum Gasteiger partial charge on any atom is -0.496 e. The minimum atomic E-state index is -0.391. The van der Waals surface area contributed by atoms with Crippen LogP contribution < -0.4 is 34.3 Å². The molecule has 0 radical (unpaired) electrons. The second kappa shape index (κ2) is 20.5. The van der Waals surface area contributed by atoms with Crippen LogP contribution in [0.25, 0.3) is 12.2 Å². The van der Waals surface area contributed by atoms with E-state index in [4.69, 9.17) is 23.7 Å². The average molecular weight is 755 g/mol. The smallest absolute Gasteiger partial charge is 0.255 e. The molecule has 0 spiro atoms. The van der Waals surface area contributed by atoms with Crippen LogP contribution in [0.15, 0.2) is 60.7 Å². The Morgan fingerprint density at radius 1 is 0.618 bits per heavy atom. The van der Waals surface area contributed by atoms with Gasteiger partial charge in [0, 0.05) is 16.8 Å². The Hall–Kier alpha value is -5.23. The largest absolute Gasteiger partial charge is 0.496 e. The van der Waals surface area contributed by atoms with Crippen molar-refractivity contribution >= 4 is 23.7 Å². The Morgan fingerprint density at radius 3 is 1.84 bits per heavy atom. The summed E-state index contributed by atoms with van der Waals surface area (Å²) in [5.41, 5.74) is 6.83. The lowest BCUT2D eigenvalue weighted by Gasteiger charge is -2.29. The molecule has 1 heterocycles. The van der Waals surface area contributed by atoms with Crippen LogP contribution in [0.1, 0.15) is 100 Å². The Bertz CT molecular complexity index is 1880. The molecule has 11 nitrogen and oxygen atoms in total. The zero-order valence-electron chi connectivity index (χ0n) is 32.3. The van der Waals surface area contributed by atoms with Gasteiger partial charge in [-0.05, 0) is 90.6 Å². The summed E-state index contributed by atoms with van der Waals surface area (Å²) in [5, 5.41) is 35.9. The summed E-state index contributed by atoms with van der Waals surface area (Å²) in [6.07, 6.45) is 10.7. The molecule has 0 bridgehead atoms. The zero-order valence-corrected chi connectivity index (χ0v) is 32.3. The standard InChI is InChI=1S/C44H54N2O9/c1-29-12-16-37-35(20-29)44(50)46-43(45-37)32-15-17-38(34(25-32)27-48)54-18-10-8-6-5-7-9-11-19-55-42-40(52-3)23-31(24-41(42)53-4)14-13-30-21-33(26-47)36(28-49)39(22-30)51-2/h12-17,20-25,43,45,47-49H,5-11,18-19,26-28H2,1-4H3,(H,46,50). The summed E-state index contributed by atoms with van der Waals surface area (Å²) >= 11 is 0. The summed E-state index contributed by atoms with van der Waals surface area (Å²) in [6.45, 7) is 2.49. The van der Waals surface area contributed by atoms with Crippen LogP contribution in [0.5, 0.6) is 28.7 Å². The monoisotopic (exact) mass is 754 g/mol. The van der Waals surface area contributed by atoms with Gasteiger partial charge in [-0.25, -0.2) is 0 Å². The molecule has 4 aromatic carbocycles. The highest BCUT2D eigenvalue weighted by Gasteiger charge is 2.25. The van der Waals surface area contributed by atoms with Gasteiger partial charge in [0.1, 0.15) is 17.7 Å². The zero-order chi connectivity index (χ0) is 39.2. The molecule has 1 unspecified atom stereocenters. The maximum atomic E-state index is 12.7. The number of amides is 1. The minimum absolute atomic E-state index is 0.125. The predicted octanol–water partition coefficient (Wildman–Crippen LogP) is 7.71. The van der Waals surface area contributed by atoms with Gasteiger partial charge in [-0.2, -0.15) is 0 Å². The van der Waals surface area contributed by atoms with E-state index in [-0.39, 0.29) is 25.7 Å². The van der Waals surface area contributed by atoms with Crippen molar-refractivity contribution < 1.29 is 43.8 Å². The molecule has 0 fully saturated rings. The molecule has 5 rings (SSSR count). The second-order valence-electron chi connectivity index (χ2n) is 13.6. The molecule has 0 aliphatic carbocycles. The summed E-state index contributed by atoms with van der Waals surface area (Å²) in [5.74, 6) is 2.76. The van der Waals surface area contributed by atoms with E-state index in [9.17, 15) is 20.1 Å². The van der Waals surface area contributed by atoms with Gasteiger partial charge in [0.05, 0.1) is 59.9 Å². The highest BCUT2D eigenvalue weighted by atomic mass is 16.5. The molecule has 1 aliphatic rings.